The van der Waals surface area contributed by atoms with Gasteiger partial charge in [0.25, 0.3) is 5.91 Å². The van der Waals surface area contributed by atoms with E-state index in [2.05, 4.69) is 15.3 Å². The number of aromatic nitrogens is 2. The van der Waals surface area contributed by atoms with Crippen molar-refractivity contribution in [3.8, 4) is 5.75 Å². The zero-order chi connectivity index (χ0) is 14.5. The van der Waals surface area contributed by atoms with Crippen molar-refractivity contribution in [3.63, 3.8) is 0 Å². The quantitative estimate of drug-likeness (QED) is 0.514. The van der Waals surface area contributed by atoms with E-state index in [4.69, 9.17) is 33.7 Å². The molecule has 0 atom stereocenters. The molecule has 0 unspecified atom stereocenters. The van der Waals surface area contributed by atoms with E-state index in [0.29, 0.717) is 11.4 Å². The molecule has 3 N–H and O–H groups in total. The monoisotopic (exact) mass is 312 g/mol. The van der Waals surface area contributed by atoms with Gasteiger partial charge < -0.3 is 15.8 Å². The number of nitrogens with one attached hydrogen (secondary N) is 1. The number of ether oxygens (including phenoxy) is 1. The molecule has 8 heteroatoms. The molecule has 1 amide bonds. The van der Waals surface area contributed by atoms with Gasteiger partial charge in [-0.1, -0.05) is 11.6 Å². The second-order valence-electron chi connectivity index (χ2n) is 3.75. The minimum atomic E-state index is -0.396. The first-order chi connectivity index (χ1) is 9.52. The Morgan fingerprint density at radius 1 is 1.25 bits per heavy atom. The Morgan fingerprint density at radius 2 is 1.95 bits per heavy atom. The number of hydrogen-bond acceptors (Lipinski definition) is 5. The number of carbonyl (C=O) groups excluding carboxylic acids is 1. The molecule has 0 bridgehead atoms. The van der Waals surface area contributed by atoms with Crippen LogP contribution < -0.4 is 15.8 Å². The molecule has 1 heterocycles. The first kappa shape index (κ1) is 14.4. The predicted molar refractivity (Wildman–Crippen MR) is 77.0 cm³/mol. The van der Waals surface area contributed by atoms with Gasteiger partial charge in [-0.25, -0.2) is 9.97 Å². The Morgan fingerprint density at radius 3 is 2.60 bits per heavy atom. The molecule has 0 saturated heterocycles. The molecule has 0 aliphatic carbocycles. The van der Waals surface area contributed by atoms with Crippen LogP contribution in [-0.4, -0.2) is 22.5 Å². The predicted octanol–water partition coefficient (Wildman–Crippen LogP) is 2.38. The molecule has 2 aromatic rings. The number of nitrogens with two attached hydrogens (primary N) is 1. The van der Waals surface area contributed by atoms with Gasteiger partial charge in [0.2, 0.25) is 5.28 Å². The number of amides is 1. The fourth-order valence-corrected chi connectivity index (χ4v) is 1.75. The standard InChI is InChI=1S/C12H10Cl2N4O2/c13-9-5-10(18-12(14)16-9)17-11(19)6-20-8-3-1-7(15)2-4-8/h1-5H,6,15H2,(H,16,17,18,19). The molecule has 0 radical (unpaired) electrons. The molecule has 0 spiro atoms. The average Bonchev–Trinajstić information content (AvgIpc) is 2.37. The summed E-state index contributed by atoms with van der Waals surface area (Å²) in [7, 11) is 0. The maximum atomic E-state index is 11.7. The fraction of sp³-hybridized carbons (Fsp3) is 0.0833. The van der Waals surface area contributed by atoms with Crippen molar-refractivity contribution in [2.45, 2.75) is 0 Å². The molecule has 1 aromatic carbocycles. The van der Waals surface area contributed by atoms with E-state index < -0.39 is 5.91 Å². The summed E-state index contributed by atoms with van der Waals surface area (Å²) in [6.45, 7) is -0.177. The maximum absolute atomic E-state index is 11.7. The third-order valence-corrected chi connectivity index (χ3v) is 2.55. The summed E-state index contributed by atoms with van der Waals surface area (Å²) in [4.78, 5) is 19.1. The van der Waals surface area contributed by atoms with Gasteiger partial charge in [0.15, 0.2) is 6.61 Å². The van der Waals surface area contributed by atoms with Gasteiger partial charge in [0.1, 0.15) is 16.7 Å². The summed E-state index contributed by atoms with van der Waals surface area (Å²) in [5, 5.41) is 2.59. The van der Waals surface area contributed by atoms with E-state index in [1.807, 2.05) is 0 Å². The van der Waals surface area contributed by atoms with Crippen molar-refractivity contribution in [2.24, 2.45) is 0 Å². The van der Waals surface area contributed by atoms with Crippen LogP contribution in [0.2, 0.25) is 10.4 Å². The summed E-state index contributed by atoms with van der Waals surface area (Å²) in [6.07, 6.45) is 0. The van der Waals surface area contributed by atoms with Gasteiger partial charge in [0.05, 0.1) is 0 Å². The molecule has 0 aliphatic heterocycles. The van der Waals surface area contributed by atoms with Gasteiger partial charge in [-0.05, 0) is 35.9 Å². The van der Waals surface area contributed by atoms with Gasteiger partial charge >= 0.3 is 0 Å². The van der Waals surface area contributed by atoms with Crippen LogP contribution in [-0.2, 0) is 4.79 Å². The Balaban J connectivity index is 1.90. The summed E-state index contributed by atoms with van der Waals surface area (Å²) < 4.78 is 5.28. The van der Waals surface area contributed by atoms with Crippen molar-refractivity contribution in [2.75, 3.05) is 17.7 Å². The van der Waals surface area contributed by atoms with E-state index in [-0.39, 0.29) is 22.9 Å². The van der Waals surface area contributed by atoms with E-state index >= 15 is 0 Å². The lowest BCUT2D eigenvalue weighted by atomic mass is 10.3. The van der Waals surface area contributed by atoms with Crippen LogP contribution >= 0.6 is 23.2 Å². The molecular formula is C12H10Cl2N4O2. The fourth-order valence-electron chi connectivity index (χ4n) is 1.35. The van der Waals surface area contributed by atoms with Gasteiger partial charge in [0, 0.05) is 11.8 Å². The third-order valence-electron chi connectivity index (χ3n) is 2.19. The first-order valence-corrected chi connectivity index (χ1v) is 6.27. The number of hydrogen-bond donors (Lipinski definition) is 2. The zero-order valence-corrected chi connectivity index (χ0v) is 11.6. The molecule has 0 fully saturated rings. The van der Waals surface area contributed by atoms with Gasteiger partial charge in [-0.15, -0.1) is 0 Å². The minimum absolute atomic E-state index is 0.0488. The molecule has 6 nitrogen and oxygen atoms in total. The van der Waals surface area contributed by atoms with Crippen LogP contribution in [0.25, 0.3) is 0 Å². The van der Waals surface area contributed by atoms with Crippen LogP contribution in [0.3, 0.4) is 0 Å². The normalized spacial score (nSPS) is 10.1. The number of halogens is 2. The highest BCUT2D eigenvalue weighted by molar-refractivity contribution is 6.32. The maximum Gasteiger partial charge on any atom is 0.263 e. The smallest absolute Gasteiger partial charge is 0.263 e. The number of carbonyl (C=O) groups is 1. The highest BCUT2D eigenvalue weighted by atomic mass is 35.5. The molecule has 0 aliphatic rings. The lowest BCUT2D eigenvalue weighted by molar-refractivity contribution is -0.118. The van der Waals surface area contributed by atoms with Crippen molar-refractivity contribution in [1.29, 1.82) is 0 Å². The van der Waals surface area contributed by atoms with Gasteiger partial charge in [-0.2, -0.15) is 0 Å². The number of nitrogen functional groups attached to an aromatic ring is 1. The SMILES string of the molecule is Nc1ccc(OCC(=O)Nc2cc(Cl)nc(Cl)n2)cc1. The van der Waals surface area contributed by atoms with Crippen LogP contribution in [0.4, 0.5) is 11.5 Å². The number of rotatable bonds is 4. The van der Waals surface area contributed by atoms with E-state index in [1.54, 1.807) is 24.3 Å². The summed E-state index contributed by atoms with van der Waals surface area (Å²) >= 11 is 11.3. The lowest BCUT2D eigenvalue weighted by Crippen LogP contribution is -2.20. The Kier molecular flexibility index (Phi) is 4.60. The minimum Gasteiger partial charge on any atom is -0.484 e. The van der Waals surface area contributed by atoms with Crippen LogP contribution in [0.1, 0.15) is 0 Å². The lowest BCUT2D eigenvalue weighted by Gasteiger charge is -2.07. The van der Waals surface area contributed by atoms with Crippen LogP contribution in [0.15, 0.2) is 30.3 Å². The van der Waals surface area contributed by atoms with Crippen molar-refractivity contribution >= 4 is 40.6 Å². The zero-order valence-electron chi connectivity index (χ0n) is 10.1. The first-order valence-electron chi connectivity index (χ1n) is 5.51. The largest absolute Gasteiger partial charge is 0.484 e. The molecule has 0 saturated carbocycles. The summed E-state index contributed by atoms with van der Waals surface area (Å²) in [6, 6.07) is 8.07. The van der Waals surface area contributed by atoms with Crippen molar-refractivity contribution in [1.82, 2.24) is 9.97 Å². The molecule has 20 heavy (non-hydrogen) atoms. The number of nitrogens with zero attached hydrogens (tertiary/aromatic N) is 2. The second-order valence-corrected chi connectivity index (χ2v) is 4.48. The van der Waals surface area contributed by atoms with E-state index in [9.17, 15) is 4.79 Å². The highest BCUT2D eigenvalue weighted by Gasteiger charge is 2.07. The average molecular weight is 313 g/mol. The highest BCUT2D eigenvalue weighted by Crippen LogP contribution is 2.15. The second kappa shape index (κ2) is 6.40. The number of anilines is 2. The van der Waals surface area contributed by atoms with Gasteiger partial charge in [-0.3, -0.25) is 4.79 Å². The van der Waals surface area contributed by atoms with Crippen LogP contribution in [0.5, 0.6) is 5.75 Å². The molecule has 1 aromatic heterocycles. The number of benzene rings is 1. The Bertz CT molecular complexity index is 599. The van der Waals surface area contributed by atoms with Crippen molar-refractivity contribution < 1.29 is 9.53 Å². The van der Waals surface area contributed by atoms with Crippen LogP contribution in [0, 0.1) is 0 Å². The molecular weight excluding hydrogens is 303 g/mol. The Labute approximate surface area is 124 Å². The topological polar surface area (TPSA) is 90.1 Å². The molecule has 2 rings (SSSR count). The van der Waals surface area contributed by atoms with E-state index in [1.165, 1.54) is 6.07 Å². The van der Waals surface area contributed by atoms with E-state index in [0.717, 1.165) is 0 Å². The summed E-state index contributed by atoms with van der Waals surface area (Å²) in [5.41, 5.74) is 6.16. The Hall–Kier alpha value is -2.05. The molecule has 104 valence electrons. The van der Waals surface area contributed by atoms with Crippen molar-refractivity contribution in [3.05, 3.63) is 40.8 Å². The third kappa shape index (κ3) is 4.25. The summed E-state index contributed by atoms with van der Waals surface area (Å²) in [5.74, 6) is 0.349.